The minimum Gasteiger partial charge on any atom is -0.480 e. The average Bonchev–Trinajstić information content (AvgIpc) is 2.16. The molecule has 0 aliphatic carbocycles. The Kier molecular flexibility index (Phi) is 4.74. The predicted molar refractivity (Wildman–Crippen MR) is 62.5 cm³/mol. The molecule has 16 heavy (non-hydrogen) atoms. The Balaban J connectivity index is 2.62. The molecule has 0 aromatic rings. The maximum absolute atomic E-state index is 11.3. The molecule has 1 atom stereocenters. The van der Waals surface area contributed by atoms with Crippen molar-refractivity contribution in [3.05, 3.63) is 0 Å². The van der Waals surface area contributed by atoms with Crippen LogP contribution in [0.25, 0.3) is 0 Å². The molecule has 0 aromatic carbocycles. The first-order chi connectivity index (χ1) is 7.49. The standard InChI is InChI=1S/C12H23NO3/c1-4-16-9-8-13-7-5-6-12(2,3)10(13)11(14)15/h10H,4-9H2,1-3H3,(H,14,15). The number of nitrogens with zero attached hydrogens (tertiary/aromatic N) is 1. The van der Waals surface area contributed by atoms with Gasteiger partial charge in [-0.25, -0.2) is 0 Å². The molecule has 1 aliphatic heterocycles. The van der Waals surface area contributed by atoms with Crippen molar-refractivity contribution < 1.29 is 14.6 Å². The number of rotatable bonds is 5. The lowest BCUT2D eigenvalue weighted by molar-refractivity contribution is -0.151. The lowest BCUT2D eigenvalue weighted by Crippen LogP contribution is -2.54. The number of carboxylic acid groups (broad SMARTS) is 1. The van der Waals surface area contributed by atoms with Gasteiger partial charge in [-0.05, 0) is 31.7 Å². The molecule has 1 rings (SSSR count). The van der Waals surface area contributed by atoms with Crippen LogP contribution in [0.4, 0.5) is 0 Å². The summed E-state index contributed by atoms with van der Waals surface area (Å²) in [5, 5.41) is 9.32. The first kappa shape index (κ1) is 13.5. The second kappa shape index (κ2) is 5.64. The second-order valence-electron chi connectivity index (χ2n) is 5.07. The van der Waals surface area contributed by atoms with Crippen molar-refractivity contribution in [2.75, 3.05) is 26.3 Å². The molecule has 4 nitrogen and oxygen atoms in total. The quantitative estimate of drug-likeness (QED) is 0.727. The zero-order valence-corrected chi connectivity index (χ0v) is 10.5. The molecule has 1 N–H and O–H groups in total. The van der Waals surface area contributed by atoms with Gasteiger partial charge < -0.3 is 9.84 Å². The SMILES string of the molecule is CCOCCN1CCCC(C)(C)C1C(=O)O. The van der Waals surface area contributed by atoms with Crippen molar-refractivity contribution in [1.82, 2.24) is 4.90 Å². The number of piperidine rings is 1. The summed E-state index contributed by atoms with van der Waals surface area (Å²) in [7, 11) is 0. The molecule has 1 unspecified atom stereocenters. The van der Waals surface area contributed by atoms with Gasteiger partial charge in [0.05, 0.1) is 6.61 Å². The first-order valence-corrected chi connectivity index (χ1v) is 6.03. The predicted octanol–water partition coefficient (Wildman–Crippen LogP) is 1.60. The lowest BCUT2D eigenvalue weighted by atomic mass is 9.76. The normalized spacial score (nSPS) is 25.6. The molecule has 0 radical (unpaired) electrons. The van der Waals surface area contributed by atoms with E-state index < -0.39 is 5.97 Å². The van der Waals surface area contributed by atoms with E-state index in [0.29, 0.717) is 19.8 Å². The summed E-state index contributed by atoms with van der Waals surface area (Å²) in [4.78, 5) is 13.4. The Hall–Kier alpha value is -0.610. The topological polar surface area (TPSA) is 49.8 Å². The maximum Gasteiger partial charge on any atom is 0.321 e. The highest BCUT2D eigenvalue weighted by Gasteiger charge is 2.41. The highest BCUT2D eigenvalue weighted by atomic mass is 16.5. The fourth-order valence-electron chi connectivity index (χ4n) is 2.56. The number of aliphatic carboxylic acids is 1. The van der Waals surface area contributed by atoms with Gasteiger partial charge in [-0.3, -0.25) is 9.69 Å². The van der Waals surface area contributed by atoms with E-state index in [1.54, 1.807) is 0 Å². The van der Waals surface area contributed by atoms with E-state index in [0.717, 1.165) is 19.4 Å². The molecule has 0 spiro atoms. The molecule has 0 aromatic heterocycles. The van der Waals surface area contributed by atoms with Crippen LogP contribution in [-0.2, 0) is 9.53 Å². The maximum atomic E-state index is 11.3. The van der Waals surface area contributed by atoms with Crippen LogP contribution >= 0.6 is 0 Å². The number of likely N-dealkylation sites (tertiary alicyclic amines) is 1. The van der Waals surface area contributed by atoms with Gasteiger partial charge in [-0.1, -0.05) is 13.8 Å². The van der Waals surface area contributed by atoms with Gasteiger partial charge in [-0.2, -0.15) is 0 Å². The molecule has 1 fully saturated rings. The van der Waals surface area contributed by atoms with Crippen molar-refractivity contribution >= 4 is 5.97 Å². The summed E-state index contributed by atoms with van der Waals surface area (Å²) in [6.07, 6.45) is 2.05. The van der Waals surface area contributed by atoms with Gasteiger partial charge >= 0.3 is 5.97 Å². The summed E-state index contributed by atoms with van der Waals surface area (Å²) < 4.78 is 5.30. The van der Waals surface area contributed by atoms with Crippen LogP contribution < -0.4 is 0 Å². The number of hydrogen-bond acceptors (Lipinski definition) is 3. The van der Waals surface area contributed by atoms with Crippen LogP contribution in [0.2, 0.25) is 0 Å². The lowest BCUT2D eigenvalue weighted by Gasteiger charge is -2.43. The zero-order valence-electron chi connectivity index (χ0n) is 10.5. The number of carboxylic acids is 1. The zero-order chi connectivity index (χ0) is 12.2. The Bertz CT molecular complexity index is 240. The molecule has 0 amide bonds. The molecule has 0 bridgehead atoms. The van der Waals surface area contributed by atoms with Crippen LogP contribution in [0.1, 0.15) is 33.6 Å². The van der Waals surface area contributed by atoms with Gasteiger partial charge in [0.25, 0.3) is 0 Å². The highest BCUT2D eigenvalue weighted by molar-refractivity contribution is 5.74. The van der Waals surface area contributed by atoms with Crippen LogP contribution in [0.3, 0.4) is 0 Å². The van der Waals surface area contributed by atoms with Crippen molar-refractivity contribution in [3.63, 3.8) is 0 Å². The summed E-state index contributed by atoms with van der Waals surface area (Å²) in [6.45, 7) is 8.93. The minimum absolute atomic E-state index is 0.143. The first-order valence-electron chi connectivity index (χ1n) is 6.03. The van der Waals surface area contributed by atoms with E-state index in [2.05, 4.69) is 0 Å². The average molecular weight is 229 g/mol. The van der Waals surface area contributed by atoms with Gasteiger partial charge in [-0.15, -0.1) is 0 Å². The molecule has 94 valence electrons. The van der Waals surface area contributed by atoms with Crippen LogP contribution in [0.5, 0.6) is 0 Å². The van der Waals surface area contributed by atoms with Gasteiger partial charge in [0.1, 0.15) is 6.04 Å². The Morgan fingerprint density at radius 3 is 2.81 bits per heavy atom. The highest BCUT2D eigenvalue weighted by Crippen LogP contribution is 2.34. The number of ether oxygens (including phenoxy) is 1. The van der Waals surface area contributed by atoms with Crippen molar-refractivity contribution in [2.24, 2.45) is 5.41 Å². The van der Waals surface area contributed by atoms with Gasteiger partial charge in [0, 0.05) is 13.2 Å². The largest absolute Gasteiger partial charge is 0.480 e. The molecule has 1 aliphatic rings. The smallest absolute Gasteiger partial charge is 0.321 e. The number of carbonyl (C=O) groups is 1. The Morgan fingerprint density at radius 2 is 2.25 bits per heavy atom. The van der Waals surface area contributed by atoms with Gasteiger partial charge in [0.15, 0.2) is 0 Å². The van der Waals surface area contributed by atoms with E-state index in [-0.39, 0.29) is 11.5 Å². The van der Waals surface area contributed by atoms with Crippen molar-refractivity contribution in [1.29, 1.82) is 0 Å². The van der Waals surface area contributed by atoms with E-state index in [1.807, 2.05) is 25.7 Å². The Labute approximate surface area is 97.6 Å². The molecule has 1 heterocycles. The van der Waals surface area contributed by atoms with E-state index in [4.69, 9.17) is 4.74 Å². The molecule has 0 saturated carbocycles. The van der Waals surface area contributed by atoms with Crippen LogP contribution in [0.15, 0.2) is 0 Å². The van der Waals surface area contributed by atoms with E-state index in [1.165, 1.54) is 0 Å². The van der Waals surface area contributed by atoms with E-state index in [9.17, 15) is 9.90 Å². The van der Waals surface area contributed by atoms with Crippen molar-refractivity contribution in [3.8, 4) is 0 Å². The molecule has 1 saturated heterocycles. The van der Waals surface area contributed by atoms with Gasteiger partial charge in [0.2, 0.25) is 0 Å². The summed E-state index contributed by atoms with van der Waals surface area (Å²) >= 11 is 0. The van der Waals surface area contributed by atoms with Crippen LogP contribution in [0, 0.1) is 5.41 Å². The molecular formula is C12H23NO3. The summed E-state index contributed by atoms with van der Waals surface area (Å²) in [6, 6.07) is -0.373. The molecule has 4 heteroatoms. The third kappa shape index (κ3) is 3.19. The fraction of sp³-hybridized carbons (Fsp3) is 0.917. The fourth-order valence-corrected chi connectivity index (χ4v) is 2.56. The van der Waals surface area contributed by atoms with E-state index >= 15 is 0 Å². The van der Waals surface area contributed by atoms with Crippen LogP contribution in [-0.4, -0.2) is 48.3 Å². The monoisotopic (exact) mass is 229 g/mol. The Morgan fingerprint density at radius 1 is 1.56 bits per heavy atom. The summed E-state index contributed by atoms with van der Waals surface area (Å²) in [5.41, 5.74) is -0.143. The minimum atomic E-state index is -0.707. The second-order valence-corrected chi connectivity index (χ2v) is 5.07. The third-order valence-electron chi connectivity index (χ3n) is 3.33. The third-order valence-corrected chi connectivity index (χ3v) is 3.33. The number of hydrogen-bond donors (Lipinski definition) is 1. The molecular weight excluding hydrogens is 206 g/mol. The van der Waals surface area contributed by atoms with Crippen molar-refractivity contribution in [2.45, 2.75) is 39.7 Å². The summed E-state index contributed by atoms with van der Waals surface area (Å²) in [5.74, 6) is -0.707.